The first-order valence-electron chi connectivity index (χ1n) is 10.1. The summed E-state index contributed by atoms with van der Waals surface area (Å²) in [5.41, 5.74) is 5.52. The Morgan fingerprint density at radius 2 is 1.93 bits per heavy atom. The van der Waals surface area contributed by atoms with Gasteiger partial charge in [-0.2, -0.15) is 10.2 Å². The number of hydrogen-bond donors (Lipinski definition) is 2. The van der Waals surface area contributed by atoms with Crippen LogP contribution >= 0.6 is 0 Å². The first-order chi connectivity index (χ1) is 13.8. The predicted octanol–water partition coefficient (Wildman–Crippen LogP) is 5.44. The van der Waals surface area contributed by atoms with E-state index in [0.29, 0.717) is 18.5 Å². The molecule has 0 amide bonds. The summed E-state index contributed by atoms with van der Waals surface area (Å²) in [6.07, 6.45) is 4.53. The van der Waals surface area contributed by atoms with Crippen LogP contribution in [0.15, 0.2) is 31.1 Å². The van der Waals surface area contributed by atoms with E-state index in [0.717, 1.165) is 33.3 Å². The summed E-state index contributed by atoms with van der Waals surface area (Å²) in [7, 11) is 1.89. The number of fused-ring (bicyclic) bond motifs is 1. The fraction of sp³-hybridized carbons (Fsp3) is 0.455. The number of nitrogens with zero attached hydrogens (tertiary/aromatic N) is 3. The van der Waals surface area contributed by atoms with Gasteiger partial charge in [-0.05, 0) is 43.0 Å². The average Bonchev–Trinajstić information content (AvgIpc) is 3.31. The zero-order valence-electron chi connectivity index (χ0n) is 17.5. The number of benzene rings is 1. The van der Waals surface area contributed by atoms with Gasteiger partial charge in [0.15, 0.2) is 0 Å². The molecule has 156 valence electrons. The van der Waals surface area contributed by atoms with Crippen LogP contribution in [0.3, 0.4) is 0 Å². The van der Waals surface area contributed by atoms with Crippen molar-refractivity contribution in [2.75, 3.05) is 0 Å². The molecule has 0 aliphatic heterocycles. The minimum Gasteiger partial charge on any atom is -0.381 e. The molecule has 0 radical (unpaired) electrons. The van der Waals surface area contributed by atoms with Crippen LogP contribution in [-0.2, 0) is 7.05 Å². The monoisotopic (exact) mass is 401 g/mol. The Hall–Kier alpha value is -2.70. The van der Waals surface area contributed by atoms with Gasteiger partial charge in [-0.1, -0.05) is 20.4 Å². The van der Waals surface area contributed by atoms with Gasteiger partial charge in [0.1, 0.15) is 0 Å². The third-order valence-corrected chi connectivity index (χ3v) is 5.28. The van der Waals surface area contributed by atoms with Crippen molar-refractivity contribution < 1.29 is 8.78 Å². The molecule has 1 saturated carbocycles. The molecule has 7 heteroatoms. The lowest BCUT2D eigenvalue weighted by molar-refractivity contribution is -0.0392. The van der Waals surface area contributed by atoms with Gasteiger partial charge in [0.05, 0.1) is 23.1 Å². The van der Waals surface area contributed by atoms with Crippen molar-refractivity contribution in [3.05, 3.63) is 42.4 Å². The van der Waals surface area contributed by atoms with E-state index in [4.69, 9.17) is 0 Å². The molecule has 0 saturated heterocycles. The number of aromatic nitrogens is 4. The lowest BCUT2D eigenvalue weighted by atomic mass is 9.92. The highest BCUT2D eigenvalue weighted by Crippen LogP contribution is 2.34. The van der Waals surface area contributed by atoms with Gasteiger partial charge in [-0.15, -0.1) is 0 Å². The quantitative estimate of drug-likeness (QED) is 0.612. The first-order valence-corrected chi connectivity index (χ1v) is 10.1. The van der Waals surface area contributed by atoms with Crippen LogP contribution in [0.2, 0.25) is 0 Å². The SMILES string of the molecule is C=C(NC1CCC(F)(F)CC1)c1[nH]nc2c(C)cc(-c3cnn(C)c3)cc12.CC. The second-order valence-electron chi connectivity index (χ2n) is 7.44. The first kappa shape index (κ1) is 21.0. The zero-order chi connectivity index (χ0) is 21.2. The van der Waals surface area contributed by atoms with Crippen molar-refractivity contribution in [2.24, 2.45) is 7.05 Å². The Labute approximate surface area is 170 Å². The lowest BCUT2D eigenvalue weighted by Crippen LogP contribution is -2.36. The number of nitrogens with one attached hydrogen (secondary N) is 2. The summed E-state index contributed by atoms with van der Waals surface area (Å²) < 4.78 is 28.5. The molecule has 2 aromatic heterocycles. The molecule has 4 rings (SSSR count). The fourth-order valence-electron chi connectivity index (χ4n) is 3.76. The van der Waals surface area contributed by atoms with Crippen molar-refractivity contribution in [2.45, 2.75) is 58.4 Å². The number of H-pyrrole nitrogens is 1. The second kappa shape index (κ2) is 8.35. The van der Waals surface area contributed by atoms with E-state index in [1.165, 1.54) is 0 Å². The van der Waals surface area contributed by atoms with E-state index < -0.39 is 5.92 Å². The molecule has 0 bridgehead atoms. The van der Waals surface area contributed by atoms with Crippen molar-refractivity contribution >= 4 is 16.6 Å². The van der Waals surface area contributed by atoms with Crippen molar-refractivity contribution in [3.63, 3.8) is 0 Å². The van der Waals surface area contributed by atoms with Gasteiger partial charge >= 0.3 is 0 Å². The maximum Gasteiger partial charge on any atom is 0.248 e. The van der Waals surface area contributed by atoms with E-state index in [1.807, 2.05) is 40.2 Å². The molecule has 5 nitrogen and oxygen atoms in total. The Morgan fingerprint density at radius 1 is 1.24 bits per heavy atom. The minimum absolute atomic E-state index is 0.0121. The summed E-state index contributed by atoms with van der Waals surface area (Å²) in [5, 5.41) is 16.0. The summed E-state index contributed by atoms with van der Waals surface area (Å²) in [6.45, 7) is 10.1. The van der Waals surface area contributed by atoms with E-state index in [-0.39, 0.29) is 18.9 Å². The summed E-state index contributed by atoms with van der Waals surface area (Å²) in [5.74, 6) is -2.53. The van der Waals surface area contributed by atoms with Crippen LogP contribution in [0.5, 0.6) is 0 Å². The summed E-state index contributed by atoms with van der Waals surface area (Å²) >= 11 is 0. The van der Waals surface area contributed by atoms with Crippen LogP contribution < -0.4 is 5.32 Å². The third kappa shape index (κ3) is 4.49. The fourth-order valence-corrected chi connectivity index (χ4v) is 3.76. The summed E-state index contributed by atoms with van der Waals surface area (Å²) in [4.78, 5) is 0. The highest BCUT2D eigenvalue weighted by molar-refractivity contribution is 5.94. The van der Waals surface area contributed by atoms with Crippen LogP contribution in [0.1, 0.15) is 50.8 Å². The van der Waals surface area contributed by atoms with Crippen molar-refractivity contribution in [1.29, 1.82) is 0 Å². The van der Waals surface area contributed by atoms with Crippen LogP contribution in [0.4, 0.5) is 8.78 Å². The highest BCUT2D eigenvalue weighted by atomic mass is 19.3. The Kier molecular flexibility index (Phi) is 6.05. The van der Waals surface area contributed by atoms with Gasteiger partial charge in [0, 0.05) is 43.1 Å². The Morgan fingerprint density at radius 3 is 2.55 bits per heavy atom. The Bertz CT molecular complexity index is 992. The third-order valence-electron chi connectivity index (χ3n) is 5.28. The van der Waals surface area contributed by atoms with E-state index in [9.17, 15) is 8.78 Å². The van der Waals surface area contributed by atoms with Gasteiger partial charge in [-0.25, -0.2) is 8.78 Å². The standard InChI is InChI=1S/C20H23F2N5.C2H6/c1-12-8-14(15-10-23-27(3)11-15)9-17-18(12)25-26-19(17)13(2)24-16-4-6-20(21,22)7-5-16;1-2/h8-11,16,24H,2,4-7H2,1,3H3,(H,25,26);1-2H3. The lowest BCUT2D eigenvalue weighted by Gasteiger charge is -2.29. The topological polar surface area (TPSA) is 58.5 Å². The molecule has 3 aromatic rings. The van der Waals surface area contributed by atoms with Gasteiger partial charge in [0.2, 0.25) is 5.92 Å². The number of rotatable bonds is 4. The van der Waals surface area contributed by atoms with Gasteiger partial charge in [0.25, 0.3) is 0 Å². The molecule has 2 heterocycles. The number of alkyl halides is 2. The van der Waals surface area contributed by atoms with Crippen LogP contribution in [-0.4, -0.2) is 31.9 Å². The van der Waals surface area contributed by atoms with Crippen LogP contribution in [0.25, 0.3) is 27.7 Å². The molecule has 2 N–H and O–H groups in total. The van der Waals surface area contributed by atoms with E-state index >= 15 is 0 Å². The number of aryl methyl sites for hydroxylation is 2. The molecule has 1 aromatic carbocycles. The van der Waals surface area contributed by atoms with Crippen molar-refractivity contribution in [1.82, 2.24) is 25.3 Å². The van der Waals surface area contributed by atoms with Gasteiger partial charge in [-0.3, -0.25) is 9.78 Å². The van der Waals surface area contributed by atoms with Gasteiger partial charge < -0.3 is 5.32 Å². The number of halogens is 2. The molecule has 29 heavy (non-hydrogen) atoms. The maximum atomic E-state index is 13.4. The van der Waals surface area contributed by atoms with E-state index in [1.54, 1.807) is 4.68 Å². The number of hydrogen-bond acceptors (Lipinski definition) is 3. The normalized spacial score (nSPS) is 16.3. The average molecular weight is 402 g/mol. The molecule has 0 spiro atoms. The molecule has 1 aliphatic rings. The maximum absolute atomic E-state index is 13.4. The smallest absolute Gasteiger partial charge is 0.248 e. The zero-order valence-corrected chi connectivity index (χ0v) is 17.5. The summed E-state index contributed by atoms with van der Waals surface area (Å²) in [6, 6.07) is 4.17. The predicted molar refractivity (Wildman–Crippen MR) is 114 cm³/mol. The molecule has 0 atom stereocenters. The molecular formula is C22H29F2N5. The second-order valence-corrected chi connectivity index (χ2v) is 7.44. The van der Waals surface area contributed by atoms with E-state index in [2.05, 4.69) is 39.3 Å². The molecule has 0 unspecified atom stereocenters. The van der Waals surface area contributed by atoms with Crippen molar-refractivity contribution in [3.8, 4) is 11.1 Å². The Balaban J connectivity index is 0.00000117. The van der Waals surface area contributed by atoms with Crippen LogP contribution in [0, 0.1) is 6.92 Å². The molecular weight excluding hydrogens is 372 g/mol. The highest BCUT2D eigenvalue weighted by Gasteiger charge is 2.35. The molecule has 1 aliphatic carbocycles. The number of aromatic amines is 1. The largest absolute Gasteiger partial charge is 0.381 e. The minimum atomic E-state index is -2.53. The molecule has 1 fully saturated rings.